The smallest absolute Gasteiger partial charge is 0.367 e. The van der Waals surface area contributed by atoms with E-state index in [1.807, 2.05) is 11.9 Å². The molecule has 3 heterocycles. The number of nitrogens with one attached hydrogen (secondary N) is 2. The quantitative estimate of drug-likeness (QED) is 0.234. The number of amides is 1. The second-order valence-electron chi connectivity index (χ2n) is 12.6. The van der Waals surface area contributed by atoms with E-state index in [1.54, 1.807) is 42.5 Å². The van der Waals surface area contributed by atoms with Gasteiger partial charge in [0, 0.05) is 83.3 Å². The van der Waals surface area contributed by atoms with E-state index in [9.17, 15) is 27.2 Å². The van der Waals surface area contributed by atoms with Crippen molar-refractivity contribution >= 4 is 17.3 Å². The Kier molecular flexibility index (Phi) is 10.1. The Balaban J connectivity index is 1.23. The number of piperazine rings is 2. The molecule has 2 aliphatic heterocycles. The highest BCUT2D eigenvalue weighted by Crippen LogP contribution is 2.36. The van der Waals surface area contributed by atoms with Crippen LogP contribution in [0.5, 0.6) is 0 Å². The van der Waals surface area contributed by atoms with Crippen molar-refractivity contribution in [3.05, 3.63) is 117 Å². The zero-order chi connectivity index (χ0) is 34.7. The molecule has 0 unspecified atom stereocenters. The Morgan fingerprint density at radius 2 is 1.43 bits per heavy atom. The van der Waals surface area contributed by atoms with Gasteiger partial charge in [0.1, 0.15) is 11.6 Å². The maximum Gasteiger partial charge on any atom is 0.417 e. The summed E-state index contributed by atoms with van der Waals surface area (Å²) in [5.74, 6) is -1.79. The number of pyridine rings is 1. The normalized spacial score (nSPS) is 16.6. The lowest BCUT2D eigenvalue weighted by atomic mass is 10.00. The maximum atomic E-state index is 15.4. The zero-order valence-corrected chi connectivity index (χ0v) is 27.0. The van der Waals surface area contributed by atoms with Crippen molar-refractivity contribution in [1.82, 2.24) is 19.7 Å². The lowest BCUT2D eigenvalue weighted by Gasteiger charge is -2.35. The van der Waals surface area contributed by atoms with Gasteiger partial charge in [0.25, 0.3) is 5.91 Å². The van der Waals surface area contributed by atoms with Crippen molar-refractivity contribution in [2.75, 3.05) is 69.6 Å². The van der Waals surface area contributed by atoms with E-state index in [2.05, 4.69) is 25.0 Å². The van der Waals surface area contributed by atoms with Crippen LogP contribution in [-0.4, -0.2) is 85.0 Å². The van der Waals surface area contributed by atoms with Gasteiger partial charge in [-0.25, -0.2) is 8.78 Å². The minimum absolute atomic E-state index is 0.230. The fourth-order valence-electron chi connectivity index (χ4n) is 6.31. The number of benzene rings is 3. The second kappa shape index (κ2) is 14.5. The van der Waals surface area contributed by atoms with Crippen LogP contribution in [0.2, 0.25) is 0 Å². The highest BCUT2D eigenvalue weighted by Gasteiger charge is 2.36. The number of H-pyrrole nitrogens is 1. The number of alkyl halides is 3. The van der Waals surface area contributed by atoms with Crippen LogP contribution in [0.3, 0.4) is 0 Å². The third-order valence-corrected chi connectivity index (χ3v) is 9.10. The van der Waals surface area contributed by atoms with Crippen molar-refractivity contribution < 1.29 is 26.7 Å². The summed E-state index contributed by atoms with van der Waals surface area (Å²) in [6, 6.07) is 16.9. The van der Waals surface area contributed by atoms with E-state index in [1.165, 1.54) is 18.2 Å². The van der Waals surface area contributed by atoms with E-state index < -0.39 is 34.6 Å². The largest absolute Gasteiger partial charge is 0.417 e. The van der Waals surface area contributed by atoms with Crippen molar-refractivity contribution in [2.24, 2.45) is 0 Å². The summed E-state index contributed by atoms with van der Waals surface area (Å²) in [5, 5.41) is 2.63. The molecule has 0 aliphatic carbocycles. The molecule has 2 fully saturated rings. The molecule has 6 rings (SSSR count). The molecule has 13 heteroatoms. The van der Waals surface area contributed by atoms with Crippen molar-refractivity contribution in [2.45, 2.75) is 19.3 Å². The standard InChI is InChI=1S/C36H37F5N6O2/c1-44-10-16-47(17-11-44)33-9-5-26(19-32(33)43-35(49)29-21-42-34(48)20-30(29)36(39,40)41)28-18-25(4-8-31(28)38)23-46-14-12-45(13-15-46)22-24-2-6-27(37)7-3-24/h2-9,18-21H,10-17,22-23H2,1H3,(H,42,48)(H,43,49). The first-order valence-electron chi connectivity index (χ1n) is 16.1. The van der Waals surface area contributed by atoms with Crippen LogP contribution in [-0.2, 0) is 19.3 Å². The Labute approximate surface area is 280 Å². The first kappa shape index (κ1) is 34.3. The molecule has 2 N–H and O–H groups in total. The van der Waals surface area contributed by atoms with Gasteiger partial charge in [-0.2, -0.15) is 13.2 Å². The molecule has 3 aromatic carbocycles. The number of carbonyl (C=O) groups is 1. The third-order valence-electron chi connectivity index (χ3n) is 9.10. The lowest BCUT2D eigenvalue weighted by Crippen LogP contribution is -2.45. The molecule has 2 aliphatic rings. The van der Waals surface area contributed by atoms with Crippen LogP contribution in [0.25, 0.3) is 11.1 Å². The van der Waals surface area contributed by atoms with Gasteiger partial charge < -0.3 is 20.1 Å². The minimum Gasteiger partial charge on any atom is -0.367 e. The molecular formula is C36H37F5N6O2. The van der Waals surface area contributed by atoms with Gasteiger partial charge >= 0.3 is 6.18 Å². The van der Waals surface area contributed by atoms with Gasteiger partial charge in [-0.15, -0.1) is 0 Å². The van der Waals surface area contributed by atoms with E-state index in [0.717, 1.165) is 63.1 Å². The fourth-order valence-corrected chi connectivity index (χ4v) is 6.31. The van der Waals surface area contributed by atoms with Crippen LogP contribution < -0.4 is 15.8 Å². The van der Waals surface area contributed by atoms with E-state index in [4.69, 9.17) is 0 Å². The summed E-state index contributed by atoms with van der Waals surface area (Å²) in [4.78, 5) is 36.0. The molecule has 0 radical (unpaired) electrons. The molecule has 1 amide bonds. The van der Waals surface area contributed by atoms with Crippen LogP contribution in [0.1, 0.15) is 27.0 Å². The lowest BCUT2D eigenvalue weighted by molar-refractivity contribution is -0.138. The Hall–Kier alpha value is -4.59. The number of halogens is 5. The number of aromatic amines is 1. The average Bonchev–Trinajstić information content (AvgIpc) is 3.07. The van der Waals surface area contributed by atoms with Gasteiger partial charge in [0.05, 0.1) is 22.5 Å². The van der Waals surface area contributed by atoms with E-state index in [-0.39, 0.29) is 11.5 Å². The first-order valence-corrected chi connectivity index (χ1v) is 16.1. The molecule has 4 aromatic rings. The topological polar surface area (TPSA) is 74.9 Å². The van der Waals surface area contributed by atoms with E-state index in [0.29, 0.717) is 42.5 Å². The molecule has 258 valence electrons. The number of rotatable bonds is 8. The summed E-state index contributed by atoms with van der Waals surface area (Å²) in [5.41, 5.74) is 0.459. The SMILES string of the molecule is CN1CCN(c2ccc(-c3cc(CN4CCN(Cc5ccc(F)cc5)CC4)ccc3F)cc2NC(=O)c2c[nH]c(=O)cc2C(F)(F)F)CC1. The van der Waals surface area contributed by atoms with Gasteiger partial charge in [-0.3, -0.25) is 19.4 Å². The molecule has 49 heavy (non-hydrogen) atoms. The van der Waals surface area contributed by atoms with Gasteiger partial charge in [0.2, 0.25) is 5.56 Å². The van der Waals surface area contributed by atoms with Crippen LogP contribution in [0.4, 0.5) is 33.3 Å². The molecule has 0 bridgehead atoms. The highest BCUT2D eigenvalue weighted by atomic mass is 19.4. The fraction of sp³-hybridized carbons (Fsp3) is 0.333. The third kappa shape index (κ3) is 8.35. The summed E-state index contributed by atoms with van der Waals surface area (Å²) >= 11 is 0. The number of likely N-dealkylation sites (N-methyl/N-ethyl adjacent to an activating group) is 1. The predicted molar refractivity (Wildman–Crippen MR) is 179 cm³/mol. The minimum atomic E-state index is -4.93. The molecule has 1 aromatic heterocycles. The van der Waals surface area contributed by atoms with Crippen LogP contribution in [0.15, 0.2) is 77.7 Å². The van der Waals surface area contributed by atoms with Gasteiger partial charge in [0.15, 0.2) is 0 Å². The molecule has 0 atom stereocenters. The monoisotopic (exact) mass is 680 g/mol. The molecule has 0 saturated carbocycles. The summed E-state index contributed by atoms with van der Waals surface area (Å²) < 4.78 is 70.0. The van der Waals surface area contributed by atoms with Crippen molar-refractivity contribution in [3.8, 4) is 11.1 Å². The summed E-state index contributed by atoms with van der Waals surface area (Å²) in [6.45, 7) is 7.29. The Morgan fingerprint density at radius 3 is 2.08 bits per heavy atom. The Morgan fingerprint density at radius 1 is 0.796 bits per heavy atom. The summed E-state index contributed by atoms with van der Waals surface area (Å²) in [7, 11) is 1.99. The number of aromatic nitrogens is 1. The number of hydrogen-bond donors (Lipinski definition) is 2. The average molecular weight is 681 g/mol. The number of nitrogens with zero attached hydrogens (tertiary/aromatic N) is 4. The zero-order valence-electron chi connectivity index (χ0n) is 27.0. The van der Waals surface area contributed by atoms with E-state index >= 15 is 4.39 Å². The van der Waals surface area contributed by atoms with Crippen LogP contribution >= 0.6 is 0 Å². The number of carbonyl (C=O) groups excluding carboxylic acids is 1. The van der Waals surface area contributed by atoms with Crippen molar-refractivity contribution in [3.63, 3.8) is 0 Å². The molecular weight excluding hydrogens is 643 g/mol. The maximum absolute atomic E-state index is 15.4. The van der Waals surface area contributed by atoms with Crippen LogP contribution in [0, 0.1) is 11.6 Å². The highest BCUT2D eigenvalue weighted by molar-refractivity contribution is 6.07. The number of anilines is 2. The van der Waals surface area contributed by atoms with Gasteiger partial charge in [-0.05, 0) is 60.1 Å². The van der Waals surface area contributed by atoms with Gasteiger partial charge in [-0.1, -0.05) is 24.3 Å². The summed E-state index contributed by atoms with van der Waals surface area (Å²) in [6.07, 6.45) is -4.17. The molecule has 0 spiro atoms. The second-order valence-corrected chi connectivity index (χ2v) is 12.6. The molecule has 2 saturated heterocycles. The number of hydrogen-bond acceptors (Lipinski definition) is 6. The first-order chi connectivity index (χ1) is 23.4. The predicted octanol–water partition coefficient (Wildman–Crippen LogP) is 5.66. The Bertz CT molecular complexity index is 1850. The molecule has 8 nitrogen and oxygen atoms in total. The van der Waals surface area contributed by atoms with Crippen molar-refractivity contribution in [1.29, 1.82) is 0 Å².